The average Bonchev–Trinajstić information content (AvgIpc) is 2.95. The third-order valence-electron chi connectivity index (χ3n) is 5.88. The van der Waals surface area contributed by atoms with Crippen molar-refractivity contribution in [1.29, 1.82) is 0 Å². The maximum absolute atomic E-state index is 13.9. The van der Waals surface area contributed by atoms with E-state index in [0.29, 0.717) is 34.6 Å². The number of carbonyl (C=O) groups is 1. The predicted octanol–water partition coefficient (Wildman–Crippen LogP) is 5.53. The molecule has 0 aromatic heterocycles. The summed E-state index contributed by atoms with van der Waals surface area (Å²) in [6.45, 7) is 0. The summed E-state index contributed by atoms with van der Waals surface area (Å²) in [5.74, 6) is -0.881. The van der Waals surface area contributed by atoms with Gasteiger partial charge in [0.2, 0.25) is 0 Å². The monoisotopic (exact) mass is 435 g/mol. The molecule has 0 unspecified atom stereocenters. The first kappa shape index (κ1) is 20.2. The predicted molar refractivity (Wildman–Crippen MR) is 112 cm³/mol. The number of rotatable bonds is 3. The van der Waals surface area contributed by atoms with Crippen molar-refractivity contribution in [2.75, 3.05) is 7.11 Å². The Morgan fingerprint density at radius 1 is 1.10 bits per heavy atom. The number of carbonyl (C=O) groups excluding carboxylic acids is 1. The lowest BCUT2D eigenvalue weighted by atomic mass is 9.79. The number of aliphatic hydroxyl groups excluding tert-OH is 1. The minimum atomic E-state index is -0.785. The molecule has 1 aliphatic carbocycles. The third-order valence-corrected chi connectivity index (χ3v) is 6.51. The average molecular weight is 436 g/mol. The van der Waals surface area contributed by atoms with Crippen LogP contribution >= 0.6 is 23.2 Å². The minimum absolute atomic E-state index is 0.0124. The number of halogens is 3. The Bertz CT molecular complexity index is 1010. The molecule has 152 valence electrons. The van der Waals surface area contributed by atoms with Gasteiger partial charge in [-0.3, -0.25) is 4.79 Å². The van der Waals surface area contributed by atoms with Crippen LogP contribution < -0.4 is 5.32 Å². The van der Waals surface area contributed by atoms with Crippen LogP contribution in [-0.4, -0.2) is 29.8 Å². The molecule has 1 spiro atoms. The molecule has 4 nitrogen and oxygen atoms in total. The zero-order chi connectivity index (χ0) is 20.8. The number of amides is 1. The minimum Gasteiger partial charge on any atom is -0.509 e. The van der Waals surface area contributed by atoms with E-state index < -0.39 is 11.4 Å². The van der Waals surface area contributed by atoms with Crippen molar-refractivity contribution >= 4 is 34.7 Å². The zero-order valence-electron chi connectivity index (χ0n) is 15.8. The molecule has 1 aliphatic heterocycles. The van der Waals surface area contributed by atoms with Crippen LogP contribution in [0.5, 0.6) is 0 Å². The third kappa shape index (κ3) is 3.52. The van der Waals surface area contributed by atoms with Crippen LogP contribution in [0.4, 0.5) is 4.39 Å². The van der Waals surface area contributed by atoms with Crippen LogP contribution in [0, 0.1) is 5.82 Å². The van der Waals surface area contributed by atoms with Crippen LogP contribution in [-0.2, 0) is 9.53 Å². The van der Waals surface area contributed by atoms with Crippen molar-refractivity contribution in [3.63, 3.8) is 0 Å². The molecule has 0 atom stereocenters. The molecule has 1 amide bonds. The van der Waals surface area contributed by atoms with Gasteiger partial charge in [0.15, 0.2) is 0 Å². The Morgan fingerprint density at radius 3 is 2.34 bits per heavy atom. The van der Waals surface area contributed by atoms with Crippen LogP contribution in [0.25, 0.3) is 16.7 Å². The number of aliphatic hydroxyl groups is 1. The Labute approximate surface area is 178 Å². The van der Waals surface area contributed by atoms with E-state index in [2.05, 4.69) is 5.32 Å². The molecule has 2 N–H and O–H groups in total. The molecule has 1 saturated carbocycles. The number of hydrogen-bond donors (Lipinski definition) is 2. The maximum Gasteiger partial charge on any atom is 0.256 e. The fourth-order valence-corrected chi connectivity index (χ4v) is 4.52. The van der Waals surface area contributed by atoms with E-state index in [9.17, 15) is 14.3 Å². The summed E-state index contributed by atoms with van der Waals surface area (Å²) in [7, 11) is 1.67. The van der Waals surface area contributed by atoms with Gasteiger partial charge in [0.1, 0.15) is 11.6 Å². The second-order valence-corrected chi connectivity index (χ2v) is 8.33. The van der Waals surface area contributed by atoms with Gasteiger partial charge in [-0.2, -0.15) is 0 Å². The van der Waals surface area contributed by atoms with Gasteiger partial charge in [-0.15, -0.1) is 0 Å². The van der Waals surface area contributed by atoms with Crippen molar-refractivity contribution in [2.24, 2.45) is 0 Å². The smallest absolute Gasteiger partial charge is 0.256 e. The van der Waals surface area contributed by atoms with Crippen LogP contribution in [0.15, 0.2) is 42.2 Å². The van der Waals surface area contributed by atoms with Crippen molar-refractivity contribution < 1.29 is 19.0 Å². The standard InChI is InChI=1S/C22H20Cl2FNO3/c1-29-14-6-8-22(9-7-14)20(27)19(21(28)26-22)15-10-12(2-4-16(15)23)13-3-5-17(24)18(25)11-13/h2-5,10-11,14,27H,6-9H2,1H3,(H,26,28)/t14-,22-. The SMILES string of the molecule is CO[C@H]1CC[C@@]2(CC1)NC(=O)C(c1cc(-c3ccc(Cl)c(F)c3)ccc1Cl)=C2O. The van der Waals surface area contributed by atoms with E-state index in [1.165, 1.54) is 12.1 Å². The highest BCUT2D eigenvalue weighted by Gasteiger charge is 2.48. The number of methoxy groups -OCH3 is 1. The molecule has 0 radical (unpaired) electrons. The molecule has 4 rings (SSSR count). The van der Waals surface area contributed by atoms with Crippen LogP contribution in [0.2, 0.25) is 10.0 Å². The molecule has 7 heteroatoms. The zero-order valence-corrected chi connectivity index (χ0v) is 17.3. The van der Waals surface area contributed by atoms with E-state index in [-0.39, 0.29) is 28.4 Å². The van der Waals surface area contributed by atoms with Gasteiger partial charge in [-0.05, 0) is 61.1 Å². The van der Waals surface area contributed by atoms with Gasteiger partial charge in [0.25, 0.3) is 5.91 Å². The van der Waals surface area contributed by atoms with Gasteiger partial charge >= 0.3 is 0 Å². The fourth-order valence-electron chi connectivity index (χ4n) is 4.19. The summed E-state index contributed by atoms with van der Waals surface area (Å²) < 4.78 is 19.3. The van der Waals surface area contributed by atoms with Crippen molar-refractivity contribution in [2.45, 2.75) is 37.3 Å². The Morgan fingerprint density at radius 2 is 1.72 bits per heavy atom. The second-order valence-electron chi connectivity index (χ2n) is 7.52. The van der Waals surface area contributed by atoms with E-state index in [0.717, 1.165) is 12.8 Å². The Kier molecular flexibility index (Phi) is 5.32. The Balaban J connectivity index is 1.75. The lowest BCUT2D eigenvalue weighted by molar-refractivity contribution is -0.116. The molecule has 2 aliphatic rings. The lowest BCUT2D eigenvalue weighted by Crippen LogP contribution is -2.48. The lowest BCUT2D eigenvalue weighted by Gasteiger charge is -2.36. The summed E-state index contributed by atoms with van der Waals surface area (Å²) in [6.07, 6.45) is 2.79. The summed E-state index contributed by atoms with van der Waals surface area (Å²) >= 11 is 12.2. The van der Waals surface area contributed by atoms with Crippen LogP contribution in [0.3, 0.4) is 0 Å². The molecule has 1 fully saturated rings. The first-order valence-electron chi connectivity index (χ1n) is 9.39. The normalized spacial score (nSPS) is 24.3. The molecule has 2 aromatic carbocycles. The first-order valence-corrected chi connectivity index (χ1v) is 10.1. The summed E-state index contributed by atoms with van der Waals surface area (Å²) in [5.41, 5.74) is 1.06. The van der Waals surface area contributed by atoms with Gasteiger partial charge < -0.3 is 15.2 Å². The van der Waals surface area contributed by atoms with E-state index in [1.54, 1.807) is 31.4 Å². The molecule has 0 saturated heterocycles. The second kappa shape index (κ2) is 7.63. The molecule has 29 heavy (non-hydrogen) atoms. The molecule has 1 heterocycles. The number of benzene rings is 2. The van der Waals surface area contributed by atoms with Crippen molar-refractivity contribution in [3.05, 3.63) is 63.6 Å². The highest BCUT2D eigenvalue weighted by Crippen LogP contribution is 2.43. The fraction of sp³-hybridized carbons (Fsp3) is 0.318. The summed E-state index contributed by atoms with van der Waals surface area (Å²) in [6, 6.07) is 9.55. The van der Waals surface area contributed by atoms with Gasteiger partial charge in [-0.1, -0.05) is 35.3 Å². The number of hydrogen-bond acceptors (Lipinski definition) is 3. The van der Waals surface area contributed by atoms with E-state index >= 15 is 0 Å². The first-order chi connectivity index (χ1) is 13.8. The molecular weight excluding hydrogens is 416 g/mol. The van der Waals surface area contributed by atoms with E-state index in [1.807, 2.05) is 0 Å². The molecular formula is C22H20Cl2FNO3. The van der Waals surface area contributed by atoms with Crippen molar-refractivity contribution in [3.8, 4) is 11.1 Å². The van der Waals surface area contributed by atoms with Gasteiger partial charge in [-0.25, -0.2) is 4.39 Å². The Hall–Kier alpha value is -2.08. The number of ether oxygens (including phenoxy) is 1. The summed E-state index contributed by atoms with van der Waals surface area (Å²) in [5, 5.41) is 14.4. The largest absolute Gasteiger partial charge is 0.509 e. The molecule has 0 bridgehead atoms. The van der Waals surface area contributed by atoms with Crippen molar-refractivity contribution in [1.82, 2.24) is 5.32 Å². The van der Waals surface area contributed by atoms with E-state index in [4.69, 9.17) is 27.9 Å². The topological polar surface area (TPSA) is 58.6 Å². The highest BCUT2D eigenvalue weighted by molar-refractivity contribution is 6.36. The number of nitrogens with one attached hydrogen (secondary N) is 1. The van der Waals surface area contributed by atoms with Gasteiger partial charge in [0.05, 0.1) is 22.2 Å². The maximum atomic E-state index is 13.9. The van der Waals surface area contributed by atoms with Gasteiger partial charge in [0, 0.05) is 17.7 Å². The highest BCUT2D eigenvalue weighted by atomic mass is 35.5. The summed E-state index contributed by atoms with van der Waals surface area (Å²) in [4.78, 5) is 12.8. The molecule has 2 aromatic rings. The quantitative estimate of drug-likeness (QED) is 0.666. The van der Waals surface area contributed by atoms with Crippen LogP contribution in [0.1, 0.15) is 31.2 Å².